The fraction of sp³-hybridized carbons (Fsp3) is 0.500. The first-order valence-corrected chi connectivity index (χ1v) is 8.22. The van der Waals surface area contributed by atoms with E-state index in [0.717, 1.165) is 10.0 Å². The monoisotopic (exact) mass is 365 g/mol. The van der Waals surface area contributed by atoms with E-state index in [1.807, 2.05) is 13.0 Å². The van der Waals surface area contributed by atoms with Gasteiger partial charge in [0.15, 0.2) is 5.79 Å². The van der Waals surface area contributed by atoms with Gasteiger partial charge in [-0.25, -0.2) is 0 Å². The van der Waals surface area contributed by atoms with Crippen molar-refractivity contribution in [2.75, 3.05) is 4.90 Å². The minimum atomic E-state index is -1.87. The highest BCUT2D eigenvalue weighted by Crippen LogP contribution is 2.60. The number of fused-ring (bicyclic) bond motifs is 5. The molecule has 1 heterocycles. The van der Waals surface area contributed by atoms with Crippen molar-refractivity contribution in [2.45, 2.75) is 25.6 Å². The van der Waals surface area contributed by atoms with Crippen LogP contribution in [0, 0.1) is 30.6 Å². The lowest BCUT2D eigenvalue weighted by Crippen LogP contribution is -2.42. The van der Waals surface area contributed by atoms with Crippen LogP contribution < -0.4 is 4.90 Å². The van der Waals surface area contributed by atoms with Crippen LogP contribution in [0.1, 0.15) is 18.4 Å². The zero-order chi connectivity index (χ0) is 15.8. The van der Waals surface area contributed by atoms with Crippen LogP contribution in [-0.4, -0.2) is 27.8 Å². The summed E-state index contributed by atoms with van der Waals surface area (Å²) in [5.41, 5.74) is 1.50. The first-order valence-electron chi connectivity index (χ1n) is 7.42. The Kier molecular flexibility index (Phi) is 2.87. The van der Waals surface area contributed by atoms with E-state index in [4.69, 9.17) is 0 Å². The second-order valence-electron chi connectivity index (χ2n) is 6.57. The van der Waals surface area contributed by atoms with E-state index < -0.39 is 29.5 Å². The molecule has 0 spiro atoms. The largest absolute Gasteiger partial charge is 0.365 e. The first-order chi connectivity index (χ1) is 10.3. The number of hydrogen-bond acceptors (Lipinski definition) is 4. The molecule has 3 aliphatic rings. The van der Waals surface area contributed by atoms with E-state index in [0.29, 0.717) is 18.5 Å². The van der Waals surface area contributed by atoms with Crippen molar-refractivity contribution in [1.82, 2.24) is 0 Å². The summed E-state index contributed by atoms with van der Waals surface area (Å²) in [6.45, 7) is 1.90. The molecule has 0 aromatic heterocycles. The second kappa shape index (κ2) is 4.40. The molecule has 0 unspecified atom stereocenters. The topological polar surface area (TPSA) is 77.8 Å². The number of aryl methyl sites for hydroxylation is 1. The molecule has 2 saturated carbocycles. The van der Waals surface area contributed by atoms with Crippen LogP contribution in [-0.2, 0) is 9.59 Å². The number of carbonyl (C=O) groups is 2. The van der Waals surface area contributed by atoms with Crippen molar-refractivity contribution < 1.29 is 19.8 Å². The van der Waals surface area contributed by atoms with Crippen LogP contribution in [0.2, 0.25) is 0 Å². The van der Waals surface area contributed by atoms with Crippen LogP contribution in [0.4, 0.5) is 5.69 Å². The van der Waals surface area contributed by atoms with Crippen LogP contribution in [0.5, 0.6) is 0 Å². The third-order valence-corrected chi connectivity index (χ3v) is 6.43. The number of rotatable bonds is 1. The Hall–Kier alpha value is -1.24. The van der Waals surface area contributed by atoms with E-state index in [1.165, 1.54) is 4.90 Å². The summed E-state index contributed by atoms with van der Waals surface area (Å²) in [6.07, 6.45) is 1.18. The molecule has 2 amide bonds. The number of hydrogen-bond donors (Lipinski definition) is 2. The summed E-state index contributed by atoms with van der Waals surface area (Å²) in [5.74, 6) is -4.70. The van der Waals surface area contributed by atoms with Crippen molar-refractivity contribution in [2.24, 2.45) is 23.7 Å². The van der Waals surface area contributed by atoms with E-state index in [1.54, 1.807) is 12.1 Å². The Morgan fingerprint density at radius 3 is 2.18 bits per heavy atom. The predicted octanol–water partition coefficient (Wildman–Crippen LogP) is 1.58. The molecule has 2 N–H and O–H groups in total. The molecule has 1 aromatic rings. The minimum absolute atomic E-state index is 0.295. The number of nitrogens with zero attached hydrogens (tertiary/aromatic N) is 1. The average molecular weight is 366 g/mol. The number of aliphatic hydroxyl groups is 2. The van der Waals surface area contributed by atoms with Gasteiger partial charge in [-0.1, -0.05) is 15.9 Å². The zero-order valence-corrected chi connectivity index (χ0v) is 13.6. The highest BCUT2D eigenvalue weighted by atomic mass is 79.9. The third kappa shape index (κ3) is 1.60. The van der Waals surface area contributed by atoms with E-state index >= 15 is 0 Å². The van der Waals surface area contributed by atoms with E-state index in [-0.39, 0.29) is 11.8 Å². The molecule has 116 valence electrons. The lowest BCUT2D eigenvalue weighted by Gasteiger charge is -2.25. The van der Waals surface area contributed by atoms with Crippen LogP contribution in [0.25, 0.3) is 0 Å². The predicted molar refractivity (Wildman–Crippen MR) is 81.7 cm³/mol. The van der Waals surface area contributed by atoms with Gasteiger partial charge in [-0.05, 0) is 43.5 Å². The van der Waals surface area contributed by atoms with Gasteiger partial charge in [-0.2, -0.15) is 0 Å². The van der Waals surface area contributed by atoms with Gasteiger partial charge >= 0.3 is 0 Å². The molecule has 2 bridgehead atoms. The quantitative estimate of drug-likeness (QED) is 0.585. The molecule has 6 heteroatoms. The number of anilines is 1. The summed E-state index contributed by atoms with van der Waals surface area (Å²) >= 11 is 3.41. The Balaban J connectivity index is 1.75. The van der Waals surface area contributed by atoms with Gasteiger partial charge in [0.05, 0.1) is 17.5 Å². The molecular formula is C16H16BrNO4. The van der Waals surface area contributed by atoms with Gasteiger partial charge < -0.3 is 10.2 Å². The number of amides is 2. The fourth-order valence-electron chi connectivity index (χ4n) is 4.53. The molecule has 22 heavy (non-hydrogen) atoms. The van der Waals surface area contributed by atoms with Crippen LogP contribution >= 0.6 is 15.9 Å². The minimum Gasteiger partial charge on any atom is -0.365 e. The van der Waals surface area contributed by atoms with Gasteiger partial charge in [0.25, 0.3) is 0 Å². The Morgan fingerprint density at radius 1 is 1.14 bits per heavy atom. The Bertz CT molecular complexity index is 669. The highest BCUT2D eigenvalue weighted by Gasteiger charge is 2.71. The Morgan fingerprint density at radius 2 is 1.68 bits per heavy atom. The average Bonchev–Trinajstić information content (AvgIpc) is 2.98. The van der Waals surface area contributed by atoms with Gasteiger partial charge in [0.2, 0.25) is 11.8 Å². The molecule has 1 aromatic carbocycles. The SMILES string of the molecule is Cc1cc(N2C(=O)[C@@H]3[C@H](C2=O)[C@@H]2CC[C@@H]3C2(O)O)ccc1Br. The number of benzene rings is 1. The lowest BCUT2D eigenvalue weighted by atomic mass is 9.81. The van der Waals surface area contributed by atoms with Crippen LogP contribution in [0.3, 0.4) is 0 Å². The molecule has 4 rings (SSSR count). The van der Waals surface area contributed by atoms with Gasteiger partial charge in [0.1, 0.15) is 0 Å². The zero-order valence-electron chi connectivity index (χ0n) is 12.0. The summed E-state index contributed by atoms with van der Waals surface area (Å²) in [4.78, 5) is 26.7. The Labute approximate surface area is 136 Å². The van der Waals surface area contributed by atoms with Crippen molar-refractivity contribution in [1.29, 1.82) is 0 Å². The van der Waals surface area contributed by atoms with Crippen molar-refractivity contribution in [3.05, 3.63) is 28.2 Å². The highest BCUT2D eigenvalue weighted by molar-refractivity contribution is 9.10. The van der Waals surface area contributed by atoms with E-state index in [9.17, 15) is 19.8 Å². The molecule has 5 nitrogen and oxygen atoms in total. The number of carbonyl (C=O) groups excluding carboxylic acids is 2. The summed E-state index contributed by atoms with van der Waals surface area (Å²) in [6, 6.07) is 5.35. The summed E-state index contributed by atoms with van der Waals surface area (Å²) < 4.78 is 0.917. The number of halogens is 1. The maximum absolute atomic E-state index is 12.7. The molecule has 1 aliphatic heterocycles. The lowest BCUT2D eigenvalue weighted by molar-refractivity contribution is -0.199. The van der Waals surface area contributed by atoms with Crippen LogP contribution in [0.15, 0.2) is 22.7 Å². The third-order valence-electron chi connectivity index (χ3n) is 5.54. The molecule has 0 radical (unpaired) electrons. The van der Waals surface area contributed by atoms with Gasteiger partial charge in [0, 0.05) is 16.3 Å². The van der Waals surface area contributed by atoms with Gasteiger partial charge in [-0.3, -0.25) is 14.5 Å². The fourth-order valence-corrected chi connectivity index (χ4v) is 4.77. The summed E-state index contributed by atoms with van der Waals surface area (Å²) in [7, 11) is 0. The molecular weight excluding hydrogens is 350 g/mol. The van der Waals surface area contributed by atoms with Crippen molar-refractivity contribution >= 4 is 33.4 Å². The normalized spacial score (nSPS) is 35.4. The van der Waals surface area contributed by atoms with Crippen molar-refractivity contribution in [3.63, 3.8) is 0 Å². The van der Waals surface area contributed by atoms with Crippen molar-refractivity contribution in [3.8, 4) is 0 Å². The molecule has 2 aliphatic carbocycles. The van der Waals surface area contributed by atoms with Gasteiger partial charge in [-0.15, -0.1) is 0 Å². The first kappa shape index (κ1) is 14.4. The van der Waals surface area contributed by atoms with E-state index in [2.05, 4.69) is 15.9 Å². The summed E-state index contributed by atoms with van der Waals surface area (Å²) in [5, 5.41) is 20.4. The number of imide groups is 1. The molecule has 3 fully saturated rings. The second-order valence-corrected chi connectivity index (χ2v) is 7.42. The maximum atomic E-state index is 12.7. The molecule has 4 atom stereocenters. The molecule has 1 saturated heterocycles. The maximum Gasteiger partial charge on any atom is 0.238 e. The standard InChI is InChI=1S/C16H16BrNO4/c1-7-6-8(2-5-11(7)17)18-14(19)12-9-3-4-10(16(9,21)22)13(12)15(18)20/h2,5-6,9-10,12-13,21-22H,3-4H2,1H3/t9-,10-,12-,13+/m0/s1. The smallest absolute Gasteiger partial charge is 0.238 e.